The summed E-state index contributed by atoms with van der Waals surface area (Å²) < 4.78 is 37.5. The zero-order valence-corrected chi connectivity index (χ0v) is 10.3. The minimum Gasteiger partial charge on any atom is -0.397 e. The molecular formula is C12H9F3N2OS. The maximum absolute atomic E-state index is 12.5. The molecule has 0 aliphatic heterocycles. The molecule has 1 heterocycles. The quantitative estimate of drug-likeness (QED) is 0.886. The van der Waals surface area contributed by atoms with Crippen LogP contribution in [0.4, 0.5) is 24.5 Å². The van der Waals surface area contributed by atoms with Gasteiger partial charge in [-0.15, -0.1) is 11.3 Å². The van der Waals surface area contributed by atoms with Gasteiger partial charge in [0.2, 0.25) is 0 Å². The molecule has 19 heavy (non-hydrogen) atoms. The van der Waals surface area contributed by atoms with Crippen LogP contribution in [-0.2, 0) is 6.18 Å². The maximum Gasteiger partial charge on any atom is 0.416 e. The van der Waals surface area contributed by atoms with Crippen molar-refractivity contribution in [3.05, 3.63) is 46.2 Å². The molecule has 3 nitrogen and oxygen atoms in total. The topological polar surface area (TPSA) is 55.1 Å². The number of rotatable bonds is 2. The first-order chi connectivity index (χ1) is 8.88. The van der Waals surface area contributed by atoms with Crippen LogP contribution in [-0.4, -0.2) is 5.91 Å². The number of anilines is 2. The number of benzene rings is 1. The van der Waals surface area contributed by atoms with Gasteiger partial charge in [-0.2, -0.15) is 13.2 Å². The minimum absolute atomic E-state index is 0.0765. The van der Waals surface area contributed by atoms with Gasteiger partial charge >= 0.3 is 6.18 Å². The number of carbonyl (C=O) groups is 1. The SMILES string of the molecule is Nc1ccsc1C(=O)Nc1cccc(C(F)(F)F)c1. The van der Waals surface area contributed by atoms with Crippen molar-refractivity contribution in [2.75, 3.05) is 11.1 Å². The summed E-state index contributed by atoms with van der Waals surface area (Å²) in [5.41, 5.74) is 5.13. The molecule has 1 aromatic heterocycles. The molecule has 0 fully saturated rings. The second kappa shape index (κ2) is 4.93. The van der Waals surface area contributed by atoms with Gasteiger partial charge in [0.15, 0.2) is 0 Å². The summed E-state index contributed by atoms with van der Waals surface area (Å²) >= 11 is 1.13. The van der Waals surface area contributed by atoms with Crippen LogP contribution < -0.4 is 11.1 Å². The summed E-state index contributed by atoms with van der Waals surface area (Å²) in [6, 6.07) is 6.00. The first kappa shape index (κ1) is 13.4. The van der Waals surface area contributed by atoms with E-state index in [1.807, 2.05) is 0 Å². The van der Waals surface area contributed by atoms with E-state index < -0.39 is 17.6 Å². The van der Waals surface area contributed by atoms with Crippen LogP contribution in [0.2, 0.25) is 0 Å². The van der Waals surface area contributed by atoms with Crippen LogP contribution in [0.1, 0.15) is 15.2 Å². The van der Waals surface area contributed by atoms with E-state index in [2.05, 4.69) is 5.32 Å². The van der Waals surface area contributed by atoms with E-state index >= 15 is 0 Å². The second-order valence-corrected chi connectivity index (χ2v) is 4.65. The van der Waals surface area contributed by atoms with E-state index in [0.717, 1.165) is 23.5 Å². The fraction of sp³-hybridized carbons (Fsp3) is 0.0833. The number of hydrogen-bond acceptors (Lipinski definition) is 3. The second-order valence-electron chi connectivity index (χ2n) is 3.74. The zero-order valence-electron chi connectivity index (χ0n) is 9.49. The Hall–Kier alpha value is -2.02. The van der Waals surface area contributed by atoms with Gasteiger partial charge in [-0.05, 0) is 29.6 Å². The van der Waals surface area contributed by atoms with Crippen molar-refractivity contribution in [2.24, 2.45) is 0 Å². The van der Waals surface area contributed by atoms with E-state index in [0.29, 0.717) is 5.69 Å². The van der Waals surface area contributed by atoms with Crippen molar-refractivity contribution in [1.82, 2.24) is 0 Å². The standard InChI is InChI=1S/C12H9F3N2OS/c13-12(14,15)7-2-1-3-8(6-7)17-11(18)10-9(16)4-5-19-10/h1-6H,16H2,(H,17,18). The maximum atomic E-state index is 12.5. The first-order valence-corrected chi connectivity index (χ1v) is 6.07. The van der Waals surface area contributed by atoms with E-state index in [1.165, 1.54) is 12.1 Å². The van der Waals surface area contributed by atoms with E-state index in [9.17, 15) is 18.0 Å². The van der Waals surface area contributed by atoms with Crippen molar-refractivity contribution < 1.29 is 18.0 Å². The van der Waals surface area contributed by atoms with Gasteiger partial charge in [0.1, 0.15) is 4.88 Å². The molecule has 0 bridgehead atoms. The lowest BCUT2D eigenvalue weighted by atomic mass is 10.2. The number of halogens is 3. The van der Waals surface area contributed by atoms with Crippen LogP contribution in [0.15, 0.2) is 35.7 Å². The number of nitrogens with two attached hydrogens (primary N) is 1. The monoisotopic (exact) mass is 286 g/mol. The lowest BCUT2D eigenvalue weighted by molar-refractivity contribution is -0.137. The van der Waals surface area contributed by atoms with Crippen molar-refractivity contribution in [3.8, 4) is 0 Å². The largest absolute Gasteiger partial charge is 0.416 e. The molecular weight excluding hydrogens is 277 g/mol. The number of nitrogen functional groups attached to an aromatic ring is 1. The van der Waals surface area contributed by atoms with Crippen LogP contribution in [0.25, 0.3) is 0 Å². The highest BCUT2D eigenvalue weighted by molar-refractivity contribution is 7.12. The molecule has 100 valence electrons. The smallest absolute Gasteiger partial charge is 0.397 e. The molecule has 0 saturated heterocycles. The molecule has 0 aliphatic carbocycles. The molecule has 1 aromatic carbocycles. The molecule has 0 spiro atoms. The summed E-state index contributed by atoms with van der Waals surface area (Å²) in [5.74, 6) is -0.521. The van der Waals surface area contributed by atoms with Crippen LogP contribution >= 0.6 is 11.3 Å². The lowest BCUT2D eigenvalue weighted by Gasteiger charge is -2.09. The van der Waals surface area contributed by atoms with Gasteiger partial charge in [0, 0.05) is 5.69 Å². The van der Waals surface area contributed by atoms with E-state index in [-0.39, 0.29) is 10.6 Å². The van der Waals surface area contributed by atoms with Gasteiger partial charge < -0.3 is 11.1 Å². The molecule has 0 radical (unpaired) electrons. The number of nitrogens with one attached hydrogen (secondary N) is 1. The minimum atomic E-state index is -4.44. The Morgan fingerprint density at radius 3 is 2.58 bits per heavy atom. The summed E-state index contributed by atoms with van der Waals surface area (Å²) in [7, 11) is 0. The average molecular weight is 286 g/mol. The van der Waals surface area contributed by atoms with Gasteiger partial charge in [-0.1, -0.05) is 6.07 Å². The molecule has 0 saturated carbocycles. The van der Waals surface area contributed by atoms with Gasteiger partial charge in [0.25, 0.3) is 5.91 Å². The summed E-state index contributed by atoms with van der Waals surface area (Å²) in [5, 5.41) is 4.02. The number of amides is 1. The Balaban J connectivity index is 2.21. The third kappa shape index (κ3) is 3.05. The predicted molar refractivity (Wildman–Crippen MR) is 68.1 cm³/mol. The molecule has 1 amide bonds. The van der Waals surface area contributed by atoms with Crippen LogP contribution in [0, 0.1) is 0 Å². The zero-order chi connectivity index (χ0) is 14.0. The molecule has 0 atom stereocenters. The molecule has 7 heteroatoms. The Kier molecular flexibility index (Phi) is 3.48. The number of hydrogen-bond donors (Lipinski definition) is 2. The molecule has 2 aromatic rings. The van der Waals surface area contributed by atoms with Gasteiger partial charge in [-0.3, -0.25) is 4.79 Å². The van der Waals surface area contributed by atoms with Crippen molar-refractivity contribution in [3.63, 3.8) is 0 Å². The number of carbonyl (C=O) groups excluding carboxylic acids is 1. The first-order valence-electron chi connectivity index (χ1n) is 5.19. The number of thiophene rings is 1. The fourth-order valence-corrected chi connectivity index (χ4v) is 2.18. The number of alkyl halides is 3. The van der Waals surface area contributed by atoms with Gasteiger partial charge in [-0.25, -0.2) is 0 Å². The van der Waals surface area contributed by atoms with Crippen LogP contribution in [0.3, 0.4) is 0 Å². The molecule has 0 aliphatic rings. The summed E-state index contributed by atoms with van der Waals surface area (Å²) in [6.07, 6.45) is -4.44. The highest BCUT2D eigenvalue weighted by Gasteiger charge is 2.30. The molecule has 3 N–H and O–H groups in total. The van der Waals surface area contributed by atoms with Crippen molar-refractivity contribution >= 4 is 28.6 Å². The third-order valence-corrected chi connectivity index (χ3v) is 3.28. The highest BCUT2D eigenvalue weighted by Crippen LogP contribution is 2.31. The average Bonchev–Trinajstić information content (AvgIpc) is 2.75. The third-order valence-electron chi connectivity index (χ3n) is 2.35. The van der Waals surface area contributed by atoms with E-state index in [4.69, 9.17) is 5.73 Å². The van der Waals surface area contributed by atoms with E-state index in [1.54, 1.807) is 11.4 Å². The molecule has 2 rings (SSSR count). The Bertz CT molecular complexity index is 607. The predicted octanol–water partition coefficient (Wildman–Crippen LogP) is 3.60. The normalized spacial score (nSPS) is 11.3. The Morgan fingerprint density at radius 1 is 1.26 bits per heavy atom. The summed E-state index contributed by atoms with van der Waals surface area (Å²) in [4.78, 5) is 12.1. The van der Waals surface area contributed by atoms with Crippen LogP contribution in [0.5, 0.6) is 0 Å². The van der Waals surface area contributed by atoms with Gasteiger partial charge in [0.05, 0.1) is 11.3 Å². The Morgan fingerprint density at radius 2 is 2.00 bits per heavy atom. The fourth-order valence-electron chi connectivity index (χ4n) is 1.46. The molecule has 0 unspecified atom stereocenters. The van der Waals surface area contributed by atoms with Crippen molar-refractivity contribution in [2.45, 2.75) is 6.18 Å². The highest BCUT2D eigenvalue weighted by atomic mass is 32.1. The lowest BCUT2D eigenvalue weighted by Crippen LogP contribution is -2.13. The summed E-state index contributed by atoms with van der Waals surface area (Å²) in [6.45, 7) is 0. The Labute approximate surface area is 110 Å². The van der Waals surface area contributed by atoms with Crippen molar-refractivity contribution in [1.29, 1.82) is 0 Å².